The lowest BCUT2D eigenvalue weighted by Crippen LogP contribution is -2.60. The molecule has 2 saturated heterocycles. The molecule has 2 aliphatic rings. The Morgan fingerprint density at radius 1 is 1.43 bits per heavy atom. The molecule has 0 spiro atoms. The van der Waals surface area contributed by atoms with Gasteiger partial charge < -0.3 is 4.74 Å². The molecule has 0 saturated carbocycles. The molecule has 3 rings (SSSR count). The van der Waals surface area contributed by atoms with Crippen molar-refractivity contribution in [2.24, 2.45) is 7.05 Å². The van der Waals surface area contributed by atoms with E-state index in [1.54, 1.807) is 4.68 Å². The largest absolute Gasteiger partial charge is 0.447 e. The average molecular weight is 313 g/mol. The zero-order chi connectivity index (χ0) is 15.2. The maximum atomic E-state index is 11.8. The molecule has 0 bridgehead atoms. The monoisotopic (exact) mass is 312 g/mol. The molecule has 6 nitrogen and oxygen atoms in total. The maximum absolute atomic E-state index is 11.8. The van der Waals surface area contributed by atoms with Crippen molar-refractivity contribution < 1.29 is 9.53 Å². The number of amides is 1. The lowest BCUT2D eigenvalue weighted by Gasteiger charge is -2.44. The van der Waals surface area contributed by atoms with Gasteiger partial charge in [0.25, 0.3) is 0 Å². The number of hydrogen-bond donors (Lipinski definition) is 0. The Kier molecular flexibility index (Phi) is 3.61. The number of hydrogen-bond acceptors (Lipinski definition) is 4. The quantitative estimate of drug-likeness (QED) is 0.854. The van der Waals surface area contributed by atoms with Crippen LogP contribution in [0, 0.1) is 6.92 Å². The molecule has 7 heteroatoms. The van der Waals surface area contributed by atoms with Crippen LogP contribution in [0.25, 0.3) is 0 Å². The number of rotatable bonds is 3. The Balaban J connectivity index is 1.78. The highest BCUT2D eigenvalue weighted by Gasteiger charge is 2.49. The van der Waals surface area contributed by atoms with Gasteiger partial charge in [0.2, 0.25) is 0 Å². The van der Waals surface area contributed by atoms with E-state index in [2.05, 4.69) is 16.9 Å². The molecule has 116 valence electrons. The summed E-state index contributed by atoms with van der Waals surface area (Å²) in [5.41, 5.74) is 1.86. The van der Waals surface area contributed by atoms with Gasteiger partial charge in [0.15, 0.2) is 0 Å². The third-order valence-corrected chi connectivity index (χ3v) is 5.20. The van der Waals surface area contributed by atoms with Crippen LogP contribution in [0.3, 0.4) is 0 Å². The zero-order valence-electron chi connectivity index (χ0n) is 12.7. The van der Waals surface area contributed by atoms with Gasteiger partial charge in [-0.3, -0.25) is 14.5 Å². The fourth-order valence-corrected chi connectivity index (χ4v) is 3.59. The number of aryl methyl sites for hydroxylation is 2. The van der Waals surface area contributed by atoms with Crippen molar-refractivity contribution in [1.29, 1.82) is 0 Å². The highest BCUT2D eigenvalue weighted by molar-refractivity contribution is 6.30. The summed E-state index contributed by atoms with van der Waals surface area (Å²) in [5.74, 6) is 0. The van der Waals surface area contributed by atoms with E-state index >= 15 is 0 Å². The summed E-state index contributed by atoms with van der Waals surface area (Å²) < 4.78 is 6.97. The molecule has 0 radical (unpaired) electrons. The SMILES string of the molecule is CCC12COC(=O)N1CCN(Cc1c(C)nn(C)c1Cl)C2. The van der Waals surface area contributed by atoms with Crippen LogP contribution in [0.5, 0.6) is 0 Å². The summed E-state index contributed by atoms with van der Waals surface area (Å²) in [6, 6.07) is 0. The van der Waals surface area contributed by atoms with Crippen molar-refractivity contribution in [2.75, 3.05) is 26.2 Å². The van der Waals surface area contributed by atoms with E-state index in [0.29, 0.717) is 18.3 Å². The Labute approximate surface area is 129 Å². The third kappa shape index (κ3) is 2.30. The van der Waals surface area contributed by atoms with Gasteiger partial charge in [-0.2, -0.15) is 5.10 Å². The van der Waals surface area contributed by atoms with Gasteiger partial charge in [0, 0.05) is 38.8 Å². The van der Waals surface area contributed by atoms with Crippen LogP contribution < -0.4 is 0 Å². The Hall–Kier alpha value is -1.27. The average Bonchev–Trinajstić information content (AvgIpc) is 2.92. The van der Waals surface area contributed by atoms with Gasteiger partial charge in [-0.25, -0.2) is 4.79 Å². The molecule has 1 aromatic rings. The third-order valence-electron chi connectivity index (χ3n) is 4.72. The van der Waals surface area contributed by atoms with Crippen LogP contribution in [-0.2, 0) is 18.3 Å². The molecule has 0 aromatic carbocycles. The van der Waals surface area contributed by atoms with Gasteiger partial charge in [-0.15, -0.1) is 0 Å². The number of fused-ring (bicyclic) bond motifs is 1. The molecular formula is C14H21ClN4O2. The summed E-state index contributed by atoms with van der Waals surface area (Å²) in [5, 5.41) is 5.05. The highest BCUT2D eigenvalue weighted by atomic mass is 35.5. The normalized spacial score (nSPS) is 26.1. The van der Waals surface area contributed by atoms with E-state index in [0.717, 1.165) is 37.3 Å². The molecule has 2 aliphatic heterocycles. The highest BCUT2D eigenvalue weighted by Crippen LogP contribution is 2.33. The molecule has 1 amide bonds. The number of halogens is 1. The number of ether oxygens (including phenoxy) is 1. The molecule has 2 fully saturated rings. The van der Waals surface area contributed by atoms with Crippen LogP contribution in [0.4, 0.5) is 4.79 Å². The standard InChI is InChI=1S/C14H21ClN4O2/c1-4-14-8-18(5-6-19(14)13(20)21-9-14)7-11-10(2)16-17(3)12(11)15/h4-9H2,1-3H3. The van der Waals surface area contributed by atoms with E-state index < -0.39 is 0 Å². The second kappa shape index (κ2) is 5.18. The number of cyclic esters (lactones) is 1. The minimum atomic E-state index is -0.183. The lowest BCUT2D eigenvalue weighted by molar-refractivity contribution is 0.0448. The molecule has 1 aromatic heterocycles. The maximum Gasteiger partial charge on any atom is 0.410 e. The number of carbonyl (C=O) groups excluding carboxylic acids is 1. The predicted octanol–water partition coefficient (Wildman–Crippen LogP) is 1.80. The van der Waals surface area contributed by atoms with Gasteiger partial charge in [0.1, 0.15) is 11.8 Å². The molecule has 1 atom stereocenters. The Bertz CT molecular complexity index is 574. The number of aromatic nitrogens is 2. The van der Waals surface area contributed by atoms with Crippen molar-refractivity contribution in [1.82, 2.24) is 19.6 Å². The number of piperazine rings is 1. The van der Waals surface area contributed by atoms with Crippen LogP contribution in [0.1, 0.15) is 24.6 Å². The topological polar surface area (TPSA) is 50.6 Å². The van der Waals surface area contributed by atoms with Crippen molar-refractivity contribution in [3.63, 3.8) is 0 Å². The lowest BCUT2D eigenvalue weighted by atomic mass is 9.92. The molecular weight excluding hydrogens is 292 g/mol. The molecule has 0 N–H and O–H groups in total. The van der Waals surface area contributed by atoms with E-state index in [4.69, 9.17) is 16.3 Å². The minimum Gasteiger partial charge on any atom is -0.447 e. The van der Waals surface area contributed by atoms with Crippen molar-refractivity contribution in [3.8, 4) is 0 Å². The zero-order valence-corrected chi connectivity index (χ0v) is 13.5. The van der Waals surface area contributed by atoms with E-state index in [1.807, 2.05) is 18.9 Å². The first-order valence-corrected chi connectivity index (χ1v) is 7.69. The minimum absolute atomic E-state index is 0.174. The molecule has 1 unspecified atom stereocenters. The van der Waals surface area contributed by atoms with Crippen LogP contribution >= 0.6 is 11.6 Å². The molecule has 0 aliphatic carbocycles. The summed E-state index contributed by atoms with van der Waals surface area (Å²) >= 11 is 6.32. The van der Waals surface area contributed by atoms with E-state index in [-0.39, 0.29) is 11.6 Å². The van der Waals surface area contributed by atoms with E-state index in [9.17, 15) is 4.79 Å². The number of carbonyl (C=O) groups is 1. The summed E-state index contributed by atoms with van der Waals surface area (Å²) in [4.78, 5) is 16.0. The van der Waals surface area contributed by atoms with Gasteiger partial charge in [-0.1, -0.05) is 18.5 Å². The first kappa shape index (κ1) is 14.7. The fourth-order valence-electron chi connectivity index (χ4n) is 3.36. The fraction of sp³-hybridized carbons (Fsp3) is 0.714. The van der Waals surface area contributed by atoms with Crippen molar-refractivity contribution in [2.45, 2.75) is 32.4 Å². The first-order chi connectivity index (χ1) is 9.97. The molecule has 3 heterocycles. The Morgan fingerprint density at radius 2 is 2.19 bits per heavy atom. The number of nitrogens with zero attached hydrogens (tertiary/aromatic N) is 4. The van der Waals surface area contributed by atoms with Crippen LogP contribution in [0.15, 0.2) is 0 Å². The van der Waals surface area contributed by atoms with E-state index in [1.165, 1.54) is 0 Å². The predicted molar refractivity (Wildman–Crippen MR) is 79.3 cm³/mol. The first-order valence-electron chi connectivity index (χ1n) is 7.31. The second-order valence-corrected chi connectivity index (χ2v) is 6.33. The smallest absolute Gasteiger partial charge is 0.410 e. The van der Waals surface area contributed by atoms with Crippen molar-refractivity contribution in [3.05, 3.63) is 16.4 Å². The van der Waals surface area contributed by atoms with Gasteiger partial charge in [-0.05, 0) is 13.3 Å². The van der Waals surface area contributed by atoms with Gasteiger partial charge >= 0.3 is 6.09 Å². The summed E-state index contributed by atoms with van der Waals surface area (Å²) in [7, 11) is 1.85. The molecule has 21 heavy (non-hydrogen) atoms. The van der Waals surface area contributed by atoms with Crippen molar-refractivity contribution >= 4 is 17.7 Å². The Morgan fingerprint density at radius 3 is 2.81 bits per heavy atom. The van der Waals surface area contributed by atoms with Crippen LogP contribution in [-0.4, -0.2) is 57.5 Å². The van der Waals surface area contributed by atoms with Crippen LogP contribution in [0.2, 0.25) is 5.15 Å². The summed E-state index contributed by atoms with van der Waals surface area (Å²) in [6.07, 6.45) is 0.724. The summed E-state index contributed by atoms with van der Waals surface area (Å²) in [6.45, 7) is 7.71. The van der Waals surface area contributed by atoms with Gasteiger partial charge in [0.05, 0.1) is 11.2 Å². The second-order valence-electron chi connectivity index (χ2n) is 5.97.